The zero-order valence-electron chi connectivity index (χ0n) is 7.83. The van der Waals surface area contributed by atoms with Crippen molar-refractivity contribution in [3.8, 4) is 0 Å². The molecule has 0 atom stereocenters. The zero-order valence-corrected chi connectivity index (χ0v) is 7.83. The Hall–Kier alpha value is -0.740. The fourth-order valence-electron chi connectivity index (χ4n) is 0.483. The van der Waals surface area contributed by atoms with Crippen LogP contribution in [0.15, 0.2) is 12.0 Å². The summed E-state index contributed by atoms with van der Waals surface area (Å²) < 4.78 is 0. The van der Waals surface area contributed by atoms with Crippen LogP contribution in [0.1, 0.15) is 27.2 Å². The van der Waals surface area contributed by atoms with Crippen LogP contribution in [-0.2, 0) is 19.6 Å². The second kappa shape index (κ2) is 8.36. The molecular formula is C8H16O4. The van der Waals surface area contributed by atoms with E-state index in [9.17, 15) is 0 Å². The van der Waals surface area contributed by atoms with Crippen LogP contribution in [0.4, 0.5) is 0 Å². The molecule has 0 aromatic heterocycles. The van der Waals surface area contributed by atoms with E-state index in [2.05, 4.69) is 9.78 Å². The van der Waals surface area contributed by atoms with E-state index in [1.807, 2.05) is 20.8 Å². The Bertz CT molecular complexity index is 112. The van der Waals surface area contributed by atoms with Gasteiger partial charge in [-0.3, -0.25) is 9.78 Å². The zero-order chi connectivity index (χ0) is 9.23. The number of rotatable bonds is 7. The molecule has 0 aliphatic carbocycles. The third-order valence-corrected chi connectivity index (χ3v) is 0.889. The van der Waals surface area contributed by atoms with E-state index in [-0.39, 0.29) is 5.95 Å². The molecule has 0 amide bonds. The van der Waals surface area contributed by atoms with Crippen molar-refractivity contribution in [2.45, 2.75) is 27.2 Å². The molecule has 4 nitrogen and oxygen atoms in total. The molecule has 72 valence electrons. The van der Waals surface area contributed by atoms with Crippen molar-refractivity contribution < 1.29 is 19.6 Å². The highest BCUT2D eigenvalue weighted by molar-refractivity contribution is 4.79. The van der Waals surface area contributed by atoms with Crippen LogP contribution in [0, 0.1) is 0 Å². The smallest absolute Gasteiger partial charge is 0.295 e. The van der Waals surface area contributed by atoms with Crippen LogP contribution in [0.3, 0.4) is 0 Å². The number of allylic oxidation sites excluding steroid dienone is 1. The summed E-state index contributed by atoms with van der Waals surface area (Å²) in [5.74, 6) is 0.251. The molecule has 0 aromatic carbocycles. The van der Waals surface area contributed by atoms with Gasteiger partial charge in [-0.05, 0) is 20.3 Å². The summed E-state index contributed by atoms with van der Waals surface area (Å²) in [6, 6.07) is 0. The first-order valence-corrected chi connectivity index (χ1v) is 4.14. The summed E-state index contributed by atoms with van der Waals surface area (Å²) in [5.41, 5.74) is 0. The van der Waals surface area contributed by atoms with Crippen LogP contribution in [0.25, 0.3) is 0 Å². The molecule has 4 heteroatoms. The Labute approximate surface area is 72.9 Å². The lowest BCUT2D eigenvalue weighted by molar-refractivity contribution is -0.366. The van der Waals surface area contributed by atoms with Crippen molar-refractivity contribution in [1.29, 1.82) is 0 Å². The second-order valence-corrected chi connectivity index (χ2v) is 1.91. The first-order valence-electron chi connectivity index (χ1n) is 4.14. The van der Waals surface area contributed by atoms with E-state index in [4.69, 9.17) is 9.78 Å². The molecule has 0 unspecified atom stereocenters. The fraction of sp³-hybridized carbons (Fsp3) is 0.750. The van der Waals surface area contributed by atoms with Gasteiger partial charge in [0.05, 0.1) is 13.2 Å². The summed E-state index contributed by atoms with van der Waals surface area (Å²) in [7, 11) is 0. The van der Waals surface area contributed by atoms with Crippen molar-refractivity contribution in [2.75, 3.05) is 13.2 Å². The predicted molar refractivity (Wildman–Crippen MR) is 43.8 cm³/mol. The van der Waals surface area contributed by atoms with Crippen molar-refractivity contribution in [2.24, 2.45) is 0 Å². The predicted octanol–water partition coefficient (Wildman–Crippen LogP) is 2.17. The van der Waals surface area contributed by atoms with Gasteiger partial charge in [-0.1, -0.05) is 6.92 Å². The molecule has 0 bridgehead atoms. The average molecular weight is 176 g/mol. The quantitative estimate of drug-likeness (QED) is 0.338. The van der Waals surface area contributed by atoms with Gasteiger partial charge in [-0.2, -0.15) is 9.78 Å². The molecule has 0 spiro atoms. The Balaban J connectivity index is 3.62. The minimum atomic E-state index is 0.251. The first kappa shape index (κ1) is 11.3. The Kier molecular flexibility index (Phi) is 7.84. The van der Waals surface area contributed by atoms with E-state index in [1.54, 1.807) is 6.08 Å². The summed E-state index contributed by atoms with van der Waals surface area (Å²) >= 11 is 0. The van der Waals surface area contributed by atoms with Crippen molar-refractivity contribution in [1.82, 2.24) is 0 Å². The van der Waals surface area contributed by atoms with Crippen molar-refractivity contribution in [3.05, 3.63) is 12.0 Å². The van der Waals surface area contributed by atoms with Gasteiger partial charge in [0.25, 0.3) is 0 Å². The Morgan fingerprint density at radius 3 is 1.83 bits per heavy atom. The molecular weight excluding hydrogens is 160 g/mol. The highest BCUT2D eigenvalue weighted by Crippen LogP contribution is 2.02. The molecule has 0 saturated carbocycles. The van der Waals surface area contributed by atoms with E-state index in [1.165, 1.54) is 0 Å². The van der Waals surface area contributed by atoms with Gasteiger partial charge in [-0.25, -0.2) is 0 Å². The SMILES string of the molecule is CCC=C(OOCC)OOCC. The van der Waals surface area contributed by atoms with Gasteiger partial charge in [-0.15, -0.1) is 0 Å². The summed E-state index contributed by atoms with van der Waals surface area (Å²) in [5, 5.41) is 0. The van der Waals surface area contributed by atoms with E-state index >= 15 is 0 Å². The van der Waals surface area contributed by atoms with E-state index in [0.717, 1.165) is 6.42 Å². The summed E-state index contributed by atoms with van der Waals surface area (Å²) in [4.78, 5) is 18.8. The lowest BCUT2D eigenvalue weighted by Gasteiger charge is -2.06. The number of hydrogen-bond donors (Lipinski definition) is 0. The largest absolute Gasteiger partial charge is 0.348 e. The molecule has 12 heavy (non-hydrogen) atoms. The minimum absolute atomic E-state index is 0.251. The van der Waals surface area contributed by atoms with Gasteiger partial charge < -0.3 is 0 Å². The maximum atomic E-state index is 4.75. The Morgan fingerprint density at radius 2 is 1.50 bits per heavy atom. The fourth-order valence-corrected chi connectivity index (χ4v) is 0.483. The molecule has 0 aliphatic heterocycles. The van der Waals surface area contributed by atoms with Gasteiger partial charge in [0.1, 0.15) is 0 Å². The van der Waals surface area contributed by atoms with Crippen LogP contribution in [0.2, 0.25) is 0 Å². The summed E-state index contributed by atoms with van der Waals surface area (Å²) in [6.07, 6.45) is 2.53. The molecule has 0 fully saturated rings. The van der Waals surface area contributed by atoms with E-state index in [0.29, 0.717) is 13.2 Å². The van der Waals surface area contributed by atoms with Crippen LogP contribution in [0.5, 0.6) is 0 Å². The van der Waals surface area contributed by atoms with Gasteiger partial charge in [0, 0.05) is 6.08 Å². The molecule has 0 heterocycles. The van der Waals surface area contributed by atoms with Gasteiger partial charge in [0.15, 0.2) is 0 Å². The number of hydrogen-bond acceptors (Lipinski definition) is 4. The Morgan fingerprint density at radius 1 is 1.00 bits per heavy atom. The van der Waals surface area contributed by atoms with Gasteiger partial charge >= 0.3 is 5.95 Å². The van der Waals surface area contributed by atoms with E-state index < -0.39 is 0 Å². The lowest BCUT2D eigenvalue weighted by atomic mass is 10.5. The standard InChI is InChI=1S/C8H16O4/c1-4-7-8(11-9-5-2)12-10-6-3/h7H,4-6H2,1-3H3. The minimum Gasteiger partial charge on any atom is -0.295 e. The van der Waals surface area contributed by atoms with Gasteiger partial charge in [0.2, 0.25) is 0 Å². The first-order chi connectivity index (χ1) is 5.85. The average Bonchev–Trinajstić information content (AvgIpc) is 2.10. The molecule has 0 saturated heterocycles. The highest BCUT2D eigenvalue weighted by Gasteiger charge is 1.99. The monoisotopic (exact) mass is 176 g/mol. The second-order valence-electron chi connectivity index (χ2n) is 1.91. The molecule has 0 N–H and O–H groups in total. The third-order valence-electron chi connectivity index (χ3n) is 0.889. The molecule has 0 aliphatic rings. The maximum absolute atomic E-state index is 4.75. The van der Waals surface area contributed by atoms with Crippen LogP contribution < -0.4 is 0 Å². The van der Waals surface area contributed by atoms with Crippen molar-refractivity contribution in [3.63, 3.8) is 0 Å². The molecule has 0 rings (SSSR count). The third kappa shape index (κ3) is 6.00. The normalized spacial score (nSPS) is 9.25. The molecule has 0 radical (unpaired) electrons. The van der Waals surface area contributed by atoms with Crippen molar-refractivity contribution >= 4 is 0 Å². The topological polar surface area (TPSA) is 36.9 Å². The lowest BCUT2D eigenvalue weighted by Crippen LogP contribution is -2.00. The van der Waals surface area contributed by atoms with Crippen LogP contribution >= 0.6 is 0 Å². The van der Waals surface area contributed by atoms with Crippen LogP contribution in [-0.4, -0.2) is 13.2 Å². The maximum Gasteiger partial charge on any atom is 0.348 e. The highest BCUT2D eigenvalue weighted by atomic mass is 17.3. The summed E-state index contributed by atoms with van der Waals surface area (Å²) in [6.45, 7) is 6.55. The molecule has 0 aromatic rings.